The zero-order valence-electron chi connectivity index (χ0n) is 20.7. The lowest BCUT2D eigenvalue weighted by molar-refractivity contribution is -0.195. The molecule has 2 aromatic heterocycles. The Kier molecular flexibility index (Phi) is 7.75. The zero-order chi connectivity index (χ0) is 26.9. The number of piperidine rings is 1. The van der Waals surface area contributed by atoms with Gasteiger partial charge in [-0.05, 0) is 42.8 Å². The summed E-state index contributed by atoms with van der Waals surface area (Å²) in [7, 11) is 1.48. The highest BCUT2D eigenvalue weighted by atomic mass is 32.2. The maximum absolute atomic E-state index is 14.1. The molecule has 0 spiro atoms. The quantitative estimate of drug-likeness (QED) is 0.411. The van der Waals surface area contributed by atoms with Crippen LogP contribution in [-0.4, -0.2) is 70.6 Å². The third-order valence-corrected chi connectivity index (χ3v) is 8.02. The van der Waals surface area contributed by atoms with E-state index in [-0.39, 0.29) is 32.0 Å². The van der Waals surface area contributed by atoms with Crippen molar-refractivity contribution >= 4 is 34.4 Å². The molecule has 38 heavy (non-hydrogen) atoms. The van der Waals surface area contributed by atoms with Gasteiger partial charge in [-0.1, -0.05) is 6.07 Å². The molecule has 3 atom stereocenters. The molecule has 2 unspecified atom stereocenters. The number of aliphatic hydroxyl groups excluding tert-OH is 1. The Morgan fingerprint density at radius 1 is 1.29 bits per heavy atom. The number of pyridine rings is 2. The maximum atomic E-state index is 14.1. The van der Waals surface area contributed by atoms with Crippen LogP contribution in [-0.2, 0) is 11.3 Å². The Balaban J connectivity index is 1.25. The Hall–Kier alpha value is -2.93. The number of anilines is 1. The van der Waals surface area contributed by atoms with Crippen molar-refractivity contribution in [2.24, 2.45) is 5.92 Å². The largest absolute Gasteiger partial charge is 0.481 e. The molecule has 4 heterocycles. The SMILES string of the molecule is COc1ccc2nccc([C@@H](O)CN3CCC(NCc4ccc5c(c4)NC(=O)CS5)C(C(F)(F)F)C3)c2n1. The summed E-state index contributed by atoms with van der Waals surface area (Å²) in [5, 5.41) is 16.9. The van der Waals surface area contributed by atoms with Gasteiger partial charge in [0.15, 0.2) is 0 Å². The number of likely N-dealkylation sites (tertiary alicyclic amines) is 1. The number of alkyl halides is 3. The van der Waals surface area contributed by atoms with Crippen molar-refractivity contribution in [2.75, 3.05) is 37.8 Å². The van der Waals surface area contributed by atoms with Crippen LogP contribution in [0.5, 0.6) is 5.88 Å². The van der Waals surface area contributed by atoms with Gasteiger partial charge in [0.2, 0.25) is 11.8 Å². The van der Waals surface area contributed by atoms with Crippen molar-refractivity contribution in [2.45, 2.75) is 36.2 Å². The number of β-amino-alcohol motifs (C(OH)–C–C–N with tert-alkyl or cyclic N) is 1. The number of aromatic nitrogens is 2. The summed E-state index contributed by atoms with van der Waals surface area (Å²) in [6.07, 6.45) is -3.62. The summed E-state index contributed by atoms with van der Waals surface area (Å²) in [4.78, 5) is 22.9. The lowest BCUT2D eigenvalue weighted by atomic mass is 9.90. The first-order valence-corrected chi connectivity index (χ1v) is 13.3. The predicted octanol–water partition coefficient (Wildman–Crippen LogP) is 3.76. The molecular weight excluding hydrogens is 519 g/mol. The fourth-order valence-electron chi connectivity index (χ4n) is 5.00. The second kappa shape index (κ2) is 11.0. The minimum absolute atomic E-state index is 0.0412. The summed E-state index contributed by atoms with van der Waals surface area (Å²) < 4.78 is 47.5. The lowest BCUT2D eigenvalue weighted by Gasteiger charge is -2.40. The summed E-state index contributed by atoms with van der Waals surface area (Å²) in [5.41, 5.74) is 3.02. The van der Waals surface area contributed by atoms with Gasteiger partial charge in [0.25, 0.3) is 0 Å². The number of carbonyl (C=O) groups is 1. The van der Waals surface area contributed by atoms with Crippen molar-refractivity contribution in [1.82, 2.24) is 20.2 Å². The smallest absolute Gasteiger partial charge is 0.394 e. The van der Waals surface area contributed by atoms with Crippen molar-refractivity contribution in [3.8, 4) is 5.88 Å². The van der Waals surface area contributed by atoms with Gasteiger partial charge in [-0.3, -0.25) is 14.7 Å². The molecule has 1 saturated heterocycles. The van der Waals surface area contributed by atoms with Crippen LogP contribution in [0.2, 0.25) is 0 Å². The first-order valence-electron chi connectivity index (χ1n) is 12.3. The number of rotatable bonds is 7. The van der Waals surface area contributed by atoms with Crippen LogP contribution in [0.3, 0.4) is 0 Å². The van der Waals surface area contributed by atoms with E-state index in [9.17, 15) is 23.1 Å². The van der Waals surface area contributed by atoms with E-state index >= 15 is 0 Å². The number of fused-ring (bicyclic) bond motifs is 2. The van der Waals surface area contributed by atoms with Crippen LogP contribution in [0.1, 0.15) is 23.7 Å². The number of amides is 1. The minimum atomic E-state index is -4.40. The number of ether oxygens (including phenoxy) is 1. The van der Waals surface area contributed by atoms with Crippen LogP contribution in [0, 0.1) is 5.92 Å². The molecule has 0 saturated carbocycles. The normalized spacial score (nSPS) is 21.1. The number of nitrogens with zero attached hydrogens (tertiary/aromatic N) is 3. The van der Waals surface area contributed by atoms with Gasteiger partial charge in [-0.15, -0.1) is 11.8 Å². The highest BCUT2D eigenvalue weighted by molar-refractivity contribution is 8.00. The van der Waals surface area contributed by atoms with E-state index in [1.54, 1.807) is 29.3 Å². The van der Waals surface area contributed by atoms with Crippen molar-refractivity contribution < 1.29 is 27.8 Å². The monoisotopic (exact) mass is 547 g/mol. The number of nitrogens with one attached hydrogen (secondary N) is 2. The number of thioether (sulfide) groups is 1. The molecule has 3 N–H and O–H groups in total. The predicted molar refractivity (Wildman–Crippen MR) is 138 cm³/mol. The van der Waals surface area contributed by atoms with Gasteiger partial charge >= 0.3 is 6.18 Å². The van der Waals surface area contributed by atoms with Crippen LogP contribution in [0.25, 0.3) is 11.0 Å². The molecular formula is C26H28F3N5O3S. The molecule has 0 radical (unpaired) electrons. The number of aliphatic hydroxyl groups is 1. The maximum Gasteiger partial charge on any atom is 0.394 e. The summed E-state index contributed by atoms with van der Waals surface area (Å²) in [6, 6.07) is 9.81. The van der Waals surface area contributed by atoms with Crippen molar-refractivity contribution in [1.29, 1.82) is 0 Å². The number of carbonyl (C=O) groups excluding carboxylic acids is 1. The first kappa shape index (κ1) is 26.7. The number of benzene rings is 1. The third kappa shape index (κ3) is 5.88. The second-order valence-corrected chi connectivity index (χ2v) is 10.5. The van der Waals surface area contributed by atoms with Gasteiger partial charge in [0, 0.05) is 48.4 Å². The summed E-state index contributed by atoms with van der Waals surface area (Å²) >= 11 is 1.44. The van der Waals surface area contributed by atoms with Crippen molar-refractivity contribution in [3.63, 3.8) is 0 Å². The second-order valence-electron chi connectivity index (χ2n) is 9.49. The molecule has 8 nitrogen and oxygen atoms in total. The van der Waals surface area contributed by atoms with Gasteiger partial charge in [0.05, 0.1) is 41.6 Å². The van der Waals surface area contributed by atoms with Crippen LogP contribution in [0.15, 0.2) is 47.5 Å². The van der Waals surface area contributed by atoms with Crippen LogP contribution < -0.4 is 15.4 Å². The molecule has 5 rings (SSSR count). The van der Waals surface area contributed by atoms with E-state index < -0.39 is 24.2 Å². The molecule has 1 aromatic carbocycles. The first-order chi connectivity index (χ1) is 18.2. The van der Waals surface area contributed by atoms with Crippen LogP contribution >= 0.6 is 11.8 Å². The van der Waals surface area contributed by atoms with E-state index in [0.29, 0.717) is 40.5 Å². The van der Waals surface area contributed by atoms with E-state index in [2.05, 4.69) is 20.6 Å². The van der Waals surface area contributed by atoms with Gasteiger partial charge in [0.1, 0.15) is 0 Å². The van der Waals surface area contributed by atoms with Gasteiger partial charge in [-0.25, -0.2) is 4.98 Å². The van der Waals surface area contributed by atoms with E-state index in [1.165, 1.54) is 18.9 Å². The average molecular weight is 548 g/mol. The van der Waals surface area contributed by atoms with E-state index in [4.69, 9.17) is 4.74 Å². The third-order valence-electron chi connectivity index (χ3n) is 6.95. The highest BCUT2D eigenvalue weighted by Gasteiger charge is 2.47. The fourth-order valence-corrected chi connectivity index (χ4v) is 5.79. The molecule has 0 bridgehead atoms. The summed E-state index contributed by atoms with van der Waals surface area (Å²) in [6.45, 7) is 0.469. The van der Waals surface area contributed by atoms with Crippen LogP contribution in [0.4, 0.5) is 18.9 Å². The average Bonchev–Trinajstić information content (AvgIpc) is 2.90. The topological polar surface area (TPSA) is 99.6 Å². The lowest BCUT2D eigenvalue weighted by Crippen LogP contribution is -2.54. The fraction of sp³-hybridized carbons (Fsp3) is 0.423. The molecule has 2 aliphatic rings. The van der Waals surface area contributed by atoms with Gasteiger partial charge < -0.3 is 20.5 Å². The minimum Gasteiger partial charge on any atom is -0.481 e. The van der Waals surface area contributed by atoms with Gasteiger partial charge in [-0.2, -0.15) is 13.2 Å². The molecule has 202 valence electrons. The number of hydrogen-bond donors (Lipinski definition) is 3. The Morgan fingerprint density at radius 3 is 2.92 bits per heavy atom. The number of methoxy groups -OCH3 is 1. The zero-order valence-corrected chi connectivity index (χ0v) is 21.5. The highest BCUT2D eigenvalue weighted by Crippen LogP contribution is 2.36. The Bertz CT molecular complexity index is 1330. The Labute approximate surface area is 222 Å². The van der Waals surface area contributed by atoms with E-state index in [0.717, 1.165) is 10.5 Å². The van der Waals surface area contributed by atoms with E-state index in [1.807, 2.05) is 18.2 Å². The standard InChI is InChI=1S/C26H28F3N5O3S/c1-37-24-5-3-19-25(33-24)16(6-8-30-19)21(35)13-34-9-7-18(17(12-34)26(27,28)29)31-11-15-2-4-22-20(10-15)32-23(36)14-38-22/h2-6,8,10,17-18,21,31,35H,7,9,11-14H2,1H3,(H,32,36)/t17?,18?,21-/m0/s1. The summed E-state index contributed by atoms with van der Waals surface area (Å²) in [5.74, 6) is -0.964. The Morgan fingerprint density at radius 2 is 2.13 bits per heavy atom. The molecule has 3 aromatic rings. The number of halogens is 3. The molecule has 2 aliphatic heterocycles. The molecule has 12 heteroatoms. The number of hydrogen-bond acceptors (Lipinski definition) is 8. The molecule has 1 fully saturated rings. The molecule has 0 aliphatic carbocycles. The van der Waals surface area contributed by atoms with Crippen molar-refractivity contribution in [3.05, 3.63) is 53.7 Å². The molecule has 1 amide bonds.